The van der Waals surface area contributed by atoms with Crippen LogP contribution in [-0.2, 0) is 14.3 Å². The van der Waals surface area contributed by atoms with Crippen LogP contribution in [0.5, 0.6) is 0 Å². The Morgan fingerprint density at radius 1 is 1.15 bits per heavy atom. The molecule has 0 radical (unpaired) electrons. The molecule has 1 fully saturated rings. The van der Waals surface area contributed by atoms with Crippen LogP contribution in [0.15, 0.2) is 0 Å². The Bertz CT molecular complexity index is 339. The third-order valence-electron chi connectivity index (χ3n) is 3.79. The van der Waals surface area contributed by atoms with E-state index in [9.17, 15) is 8.42 Å². The summed E-state index contributed by atoms with van der Waals surface area (Å²) in [5.74, 6) is 0.762. The number of aliphatic hydroxyl groups excluding tert-OH is 1. The SMILES string of the molecule is CS(=O)(=O)OCCCN(CCCO)CC1CCCCC1. The molecule has 0 aromatic heterocycles. The third-order valence-corrected chi connectivity index (χ3v) is 4.38. The van der Waals surface area contributed by atoms with E-state index in [1.54, 1.807) is 0 Å². The molecule has 20 heavy (non-hydrogen) atoms. The summed E-state index contributed by atoms with van der Waals surface area (Å²) in [6.45, 7) is 3.25. The summed E-state index contributed by atoms with van der Waals surface area (Å²) in [4.78, 5) is 2.35. The van der Waals surface area contributed by atoms with Crippen molar-refractivity contribution >= 4 is 10.1 Å². The minimum absolute atomic E-state index is 0.209. The largest absolute Gasteiger partial charge is 0.396 e. The second-order valence-electron chi connectivity index (χ2n) is 5.76. The average molecular weight is 307 g/mol. The molecule has 120 valence electrons. The van der Waals surface area contributed by atoms with Crippen LogP contribution in [0.4, 0.5) is 0 Å². The topological polar surface area (TPSA) is 66.8 Å². The van der Waals surface area contributed by atoms with Gasteiger partial charge < -0.3 is 10.0 Å². The van der Waals surface area contributed by atoms with Crippen molar-refractivity contribution in [3.8, 4) is 0 Å². The van der Waals surface area contributed by atoms with Gasteiger partial charge in [0.15, 0.2) is 0 Å². The minimum Gasteiger partial charge on any atom is -0.396 e. The van der Waals surface area contributed by atoms with Crippen molar-refractivity contribution in [3.05, 3.63) is 0 Å². The molecule has 0 spiro atoms. The van der Waals surface area contributed by atoms with Crippen molar-refractivity contribution in [1.82, 2.24) is 4.90 Å². The second kappa shape index (κ2) is 9.71. The van der Waals surface area contributed by atoms with Gasteiger partial charge in [-0.1, -0.05) is 19.3 Å². The lowest BCUT2D eigenvalue weighted by Gasteiger charge is -2.29. The van der Waals surface area contributed by atoms with E-state index in [1.165, 1.54) is 32.1 Å². The Morgan fingerprint density at radius 2 is 1.80 bits per heavy atom. The van der Waals surface area contributed by atoms with Crippen molar-refractivity contribution in [2.75, 3.05) is 39.1 Å². The standard InChI is InChI=1S/C14H29NO4S/c1-20(17,18)19-12-6-10-15(9-5-11-16)13-14-7-3-2-4-8-14/h14,16H,2-13H2,1H3. The number of nitrogens with zero attached hydrogens (tertiary/aromatic N) is 1. The first-order chi connectivity index (χ1) is 9.51. The fraction of sp³-hybridized carbons (Fsp3) is 1.00. The summed E-state index contributed by atoms with van der Waals surface area (Å²) >= 11 is 0. The van der Waals surface area contributed by atoms with Gasteiger partial charge >= 0.3 is 0 Å². The van der Waals surface area contributed by atoms with Crippen molar-refractivity contribution in [1.29, 1.82) is 0 Å². The zero-order valence-corrected chi connectivity index (χ0v) is 13.4. The van der Waals surface area contributed by atoms with Crippen molar-refractivity contribution < 1.29 is 17.7 Å². The Hall–Kier alpha value is -0.170. The van der Waals surface area contributed by atoms with E-state index in [-0.39, 0.29) is 13.2 Å². The highest BCUT2D eigenvalue weighted by Crippen LogP contribution is 2.24. The number of rotatable bonds is 10. The van der Waals surface area contributed by atoms with E-state index in [1.807, 2.05) is 0 Å². The summed E-state index contributed by atoms with van der Waals surface area (Å²) < 4.78 is 26.6. The second-order valence-corrected chi connectivity index (χ2v) is 7.41. The number of aliphatic hydroxyl groups is 1. The summed E-state index contributed by atoms with van der Waals surface area (Å²) in [7, 11) is -3.32. The summed E-state index contributed by atoms with van der Waals surface area (Å²) in [5.41, 5.74) is 0. The minimum atomic E-state index is -3.32. The third kappa shape index (κ3) is 8.89. The normalized spacial score (nSPS) is 17.8. The zero-order chi connectivity index (χ0) is 14.8. The molecule has 0 atom stereocenters. The molecule has 0 aromatic carbocycles. The van der Waals surface area contributed by atoms with Crippen LogP contribution < -0.4 is 0 Å². The molecular weight excluding hydrogens is 278 g/mol. The van der Waals surface area contributed by atoms with Crippen LogP contribution in [0.1, 0.15) is 44.9 Å². The molecule has 0 saturated heterocycles. The van der Waals surface area contributed by atoms with Gasteiger partial charge in [-0.05, 0) is 31.6 Å². The molecule has 0 bridgehead atoms. The van der Waals surface area contributed by atoms with Crippen molar-refractivity contribution in [2.24, 2.45) is 5.92 Å². The lowest BCUT2D eigenvalue weighted by Crippen LogP contribution is -2.33. The van der Waals surface area contributed by atoms with Gasteiger partial charge in [0, 0.05) is 26.2 Å². The Balaban J connectivity index is 2.27. The maximum absolute atomic E-state index is 10.9. The fourth-order valence-electron chi connectivity index (χ4n) is 2.82. The molecule has 1 rings (SSSR count). The van der Waals surface area contributed by atoms with Crippen LogP contribution in [0.2, 0.25) is 0 Å². The molecule has 0 heterocycles. The van der Waals surface area contributed by atoms with Gasteiger partial charge in [0.25, 0.3) is 10.1 Å². The van der Waals surface area contributed by atoms with Crippen LogP contribution in [-0.4, -0.2) is 57.5 Å². The predicted molar refractivity (Wildman–Crippen MR) is 80.1 cm³/mol. The molecular formula is C14H29NO4S. The summed E-state index contributed by atoms with van der Waals surface area (Å²) in [6.07, 6.45) is 9.19. The van der Waals surface area contributed by atoms with Crippen LogP contribution in [0, 0.1) is 5.92 Å². The van der Waals surface area contributed by atoms with Crippen molar-refractivity contribution in [2.45, 2.75) is 44.9 Å². The molecule has 0 amide bonds. The van der Waals surface area contributed by atoms with E-state index >= 15 is 0 Å². The van der Waals surface area contributed by atoms with E-state index in [2.05, 4.69) is 4.90 Å². The molecule has 0 unspecified atom stereocenters. The highest BCUT2D eigenvalue weighted by molar-refractivity contribution is 7.85. The van der Waals surface area contributed by atoms with Gasteiger partial charge in [0.2, 0.25) is 0 Å². The maximum atomic E-state index is 10.9. The first kappa shape index (κ1) is 17.9. The monoisotopic (exact) mass is 307 g/mol. The van der Waals surface area contributed by atoms with Crippen LogP contribution >= 0.6 is 0 Å². The van der Waals surface area contributed by atoms with Gasteiger partial charge in [0.05, 0.1) is 12.9 Å². The molecule has 1 aliphatic carbocycles. The van der Waals surface area contributed by atoms with E-state index in [0.29, 0.717) is 6.42 Å². The molecule has 1 N–H and O–H groups in total. The molecule has 0 aromatic rings. The first-order valence-electron chi connectivity index (χ1n) is 7.69. The van der Waals surface area contributed by atoms with Crippen molar-refractivity contribution in [3.63, 3.8) is 0 Å². The highest BCUT2D eigenvalue weighted by Gasteiger charge is 2.17. The molecule has 0 aliphatic heterocycles. The van der Waals surface area contributed by atoms with E-state index in [4.69, 9.17) is 9.29 Å². The zero-order valence-electron chi connectivity index (χ0n) is 12.6. The summed E-state index contributed by atoms with van der Waals surface area (Å²) in [5, 5.41) is 8.97. The lowest BCUT2D eigenvalue weighted by molar-refractivity contribution is 0.170. The predicted octanol–water partition coefficient (Wildman–Crippen LogP) is 1.62. The Labute approximate surface area is 123 Å². The van der Waals surface area contributed by atoms with Gasteiger partial charge in [-0.3, -0.25) is 4.18 Å². The first-order valence-corrected chi connectivity index (χ1v) is 9.50. The number of hydrogen-bond acceptors (Lipinski definition) is 5. The quantitative estimate of drug-likeness (QED) is 0.491. The Morgan fingerprint density at radius 3 is 2.40 bits per heavy atom. The average Bonchev–Trinajstić information content (AvgIpc) is 2.40. The lowest BCUT2D eigenvalue weighted by atomic mass is 9.89. The number of hydrogen-bond donors (Lipinski definition) is 1. The van der Waals surface area contributed by atoms with Gasteiger partial charge in [0.1, 0.15) is 0 Å². The van der Waals surface area contributed by atoms with E-state index < -0.39 is 10.1 Å². The highest BCUT2D eigenvalue weighted by atomic mass is 32.2. The Kier molecular flexibility index (Phi) is 8.68. The van der Waals surface area contributed by atoms with E-state index in [0.717, 1.165) is 38.2 Å². The van der Waals surface area contributed by atoms with Crippen LogP contribution in [0.3, 0.4) is 0 Å². The molecule has 1 aliphatic rings. The van der Waals surface area contributed by atoms with Crippen LogP contribution in [0.25, 0.3) is 0 Å². The molecule has 5 nitrogen and oxygen atoms in total. The maximum Gasteiger partial charge on any atom is 0.264 e. The van der Waals surface area contributed by atoms with Gasteiger partial charge in [-0.2, -0.15) is 8.42 Å². The van der Waals surface area contributed by atoms with Gasteiger partial charge in [-0.15, -0.1) is 0 Å². The van der Waals surface area contributed by atoms with Gasteiger partial charge in [-0.25, -0.2) is 0 Å². The summed E-state index contributed by atoms with van der Waals surface area (Å²) in [6, 6.07) is 0. The molecule has 1 saturated carbocycles. The fourth-order valence-corrected chi connectivity index (χ4v) is 3.24. The molecule has 6 heteroatoms. The smallest absolute Gasteiger partial charge is 0.264 e.